The van der Waals surface area contributed by atoms with Crippen molar-refractivity contribution >= 4 is 6.09 Å². The van der Waals surface area contributed by atoms with Crippen molar-refractivity contribution in [1.29, 1.82) is 0 Å². The second kappa shape index (κ2) is 6.71. The Hall–Kier alpha value is -0.770. The quantitative estimate of drug-likeness (QED) is 0.663. The number of carbonyl (C=O) groups is 1. The molecule has 0 atom stereocenters. The maximum atomic E-state index is 11.4. The maximum Gasteiger partial charge on any atom is 0.411 e. The number of ether oxygens (including phenoxy) is 1. The van der Waals surface area contributed by atoms with E-state index in [1.807, 2.05) is 27.8 Å². The van der Waals surface area contributed by atoms with E-state index in [4.69, 9.17) is 4.74 Å². The first-order valence-corrected chi connectivity index (χ1v) is 4.71. The average molecular weight is 188 g/mol. The average Bonchev–Trinajstić information content (AvgIpc) is 2.09. The molecular formula is C9H20N2O2. The van der Waals surface area contributed by atoms with Gasteiger partial charge >= 0.3 is 6.09 Å². The van der Waals surface area contributed by atoms with Crippen LogP contribution in [0.2, 0.25) is 0 Å². The lowest BCUT2D eigenvalue weighted by atomic mass is 10.3. The van der Waals surface area contributed by atoms with Crippen LogP contribution in [0.5, 0.6) is 0 Å². The van der Waals surface area contributed by atoms with Gasteiger partial charge in [-0.15, -0.1) is 0 Å². The van der Waals surface area contributed by atoms with Crippen molar-refractivity contribution < 1.29 is 9.53 Å². The molecule has 4 nitrogen and oxygen atoms in total. The molecule has 78 valence electrons. The van der Waals surface area contributed by atoms with Crippen LogP contribution >= 0.6 is 0 Å². The summed E-state index contributed by atoms with van der Waals surface area (Å²) in [6, 6.07) is 0.164. The third-order valence-electron chi connectivity index (χ3n) is 1.62. The van der Waals surface area contributed by atoms with Crippen LogP contribution in [0.1, 0.15) is 27.2 Å². The number of hydrogen-bond acceptors (Lipinski definition) is 3. The third kappa shape index (κ3) is 4.72. The molecule has 0 heterocycles. The van der Waals surface area contributed by atoms with Crippen LogP contribution < -0.4 is 5.32 Å². The molecule has 0 rings (SSSR count). The molecule has 1 N–H and O–H groups in total. The first-order chi connectivity index (χ1) is 6.13. The van der Waals surface area contributed by atoms with Gasteiger partial charge in [0.05, 0.1) is 13.3 Å². The molecule has 0 bridgehead atoms. The minimum absolute atomic E-state index is 0.164. The van der Waals surface area contributed by atoms with Crippen LogP contribution in [0.3, 0.4) is 0 Å². The molecule has 0 aromatic heterocycles. The van der Waals surface area contributed by atoms with Gasteiger partial charge in [-0.05, 0) is 27.3 Å². The highest BCUT2D eigenvalue weighted by atomic mass is 16.6. The topological polar surface area (TPSA) is 41.6 Å². The number of nitrogens with one attached hydrogen (secondary N) is 1. The van der Waals surface area contributed by atoms with Gasteiger partial charge in [-0.25, -0.2) is 4.79 Å². The molecular weight excluding hydrogens is 168 g/mol. The van der Waals surface area contributed by atoms with Crippen LogP contribution in [0.15, 0.2) is 0 Å². The van der Waals surface area contributed by atoms with Crippen molar-refractivity contribution in [2.45, 2.75) is 33.2 Å². The van der Waals surface area contributed by atoms with Gasteiger partial charge in [0.2, 0.25) is 0 Å². The Morgan fingerprint density at radius 1 is 1.54 bits per heavy atom. The lowest BCUT2D eigenvalue weighted by molar-refractivity contribution is 0.0892. The Morgan fingerprint density at radius 3 is 2.54 bits per heavy atom. The predicted molar refractivity (Wildman–Crippen MR) is 52.5 cm³/mol. The van der Waals surface area contributed by atoms with Gasteiger partial charge in [0.15, 0.2) is 0 Å². The van der Waals surface area contributed by atoms with Gasteiger partial charge in [-0.3, -0.25) is 4.90 Å². The largest absolute Gasteiger partial charge is 0.449 e. The molecule has 1 amide bonds. The summed E-state index contributed by atoms with van der Waals surface area (Å²) in [5.74, 6) is 0. The van der Waals surface area contributed by atoms with Crippen LogP contribution in [0, 0.1) is 0 Å². The van der Waals surface area contributed by atoms with E-state index in [1.54, 1.807) is 4.90 Å². The van der Waals surface area contributed by atoms with E-state index in [0.717, 1.165) is 6.42 Å². The number of rotatable bonds is 5. The van der Waals surface area contributed by atoms with Gasteiger partial charge in [0.25, 0.3) is 0 Å². The molecule has 0 saturated heterocycles. The van der Waals surface area contributed by atoms with E-state index in [9.17, 15) is 4.79 Å². The van der Waals surface area contributed by atoms with E-state index in [1.165, 1.54) is 0 Å². The summed E-state index contributed by atoms with van der Waals surface area (Å²) in [5.41, 5.74) is 0. The van der Waals surface area contributed by atoms with E-state index >= 15 is 0 Å². The monoisotopic (exact) mass is 188 g/mol. The first-order valence-electron chi connectivity index (χ1n) is 4.71. The molecule has 0 aromatic carbocycles. The smallest absolute Gasteiger partial charge is 0.411 e. The summed E-state index contributed by atoms with van der Waals surface area (Å²) in [6.07, 6.45) is 0.614. The molecule has 4 heteroatoms. The van der Waals surface area contributed by atoms with Crippen LogP contribution in [-0.4, -0.2) is 37.4 Å². The molecule has 13 heavy (non-hydrogen) atoms. The van der Waals surface area contributed by atoms with E-state index in [-0.39, 0.29) is 12.1 Å². The molecule has 0 aliphatic carbocycles. The summed E-state index contributed by atoms with van der Waals surface area (Å²) >= 11 is 0. The molecule has 0 radical (unpaired) electrons. The van der Waals surface area contributed by atoms with Crippen molar-refractivity contribution in [3.8, 4) is 0 Å². The normalized spacial score (nSPS) is 10.2. The number of amides is 1. The Balaban J connectivity index is 3.96. The third-order valence-corrected chi connectivity index (χ3v) is 1.62. The van der Waals surface area contributed by atoms with Crippen LogP contribution in [0.4, 0.5) is 4.79 Å². The summed E-state index contributed by atoms with van der Waals surface area (Å²) in [6.45, 7) is 6.92. The highest BCUT2D eigenvalue weighted by molar-refractivity contribution is 5.67. The Morgan fingerprint density at radius 2 is 2.15 bits per heavy atom. The van der Waals surface area contributed by atoms with Crippen molar-refractivity contribution in [3.63, 3.8) is 0 Å². The minimum atomic E-state index is -0.244. The van der Waals surface area contributed by atoms with E-state index < -0.39 is 0 Å². The van der Waals surface area contributed by atoms with Gasteiger partial charge in [0, 0.05) is 6.04 Å². The fourth-order valence-corrected chi connectivity index (χ4v) is 0.901. The Labute approximate surface area is 80.2 Å². The molecule has 0 fully saturated rings. The van der Waals surface area contributed by atoms with Gasteiger partial charge < -0.3 is 10.1 Å². The van der Waals surface area contributed by atoms with E-state index in [2.05, 4.69) is 5.32 Å². The number of carbonyl (C=O) groups excluding carboxylic acids is 1. The Kier molecular flexibility index (Phi) is 6.32. The molecule has 0 aromatic rings. The number of nitrogens with zero attached hydrogens (tertiary/aromatic N) is 1. The SMILES string of the molecule is CCCOC(=O)N(CNC)C(C)C. The Bertz CT molecular complexity index is 149. The minimum Gasteiger partial charge on any atom is -0.449 e. The standard InChI is InChI=1S/C9H20N2O2/c1-5-6-13-9(12)11(7-10-4)8(2)3/h8,10H,5-7H2,1-4H3. The lowest BCUT2D eigenvalue weighted by Crippen LogP contribution is -2.42. The summed E-state index contributed by atoms with van der Waals surface area (Å²) in [7, 11) is 1.81. The first kappa shape index (κ1) is 12.2. The maximum absolute atomic E-state index is 11.4. The summed E-state index contributed by atoms with van der Waals surface area (Å²) in [4.78, 5) is 13.0. The molecule has 0 unspecified atom stereocenters. The van der Waals surface area contributed by atoms with Gasteiger partial charge in [0.1, 0.15) is 0 Å². The number of hydrogen-bond donors (Lipinski definition) is 1. The zero-order valence-electron chi connectivity index (χ0n) is 8.96. The molecule has 0 aliphatic rings. The predicted octanol–water partition coefficient (Wildman–Crippen LogP) is 1.42. The van der Waals surface area contributed by atoms with Crippen molar-refractivity contribution in [1.82, 2.24) is 10.2 Å². The van der Waals surface area contributed by atoms with Gasteiger partial charge in [-0.1, -0.05) is 6.92 Å². The second-order valence-corrected chi connectivity index (χ2v) is 3.19. The van der Waals surface area contributed by atoms with Crippen LogP contribution in [-0.2, 0) is 4.74 Å². The van der Waals surface area contributed by atoms with E-state index in [0.29, 0.717) is 13.3 Å². The zero-order chi connectivity index (χ0) is 10.3. The molecule has 0 aliphatic heterocycles. The van der Waals surface area contributed by atoms with Crippen molar-refractivity contribution in [2.75, 3.05) is 20.3 Å². The second-order valence-electron chi connectivity index (χ2n) is 3.19. The lowest BCUT2D eigenvalue weighted by Gasteiger charge is -2.25. The molecule has 0 saturated carbocycles. The van der Waals surface area contributed by atoms with Crippen LogP contribution in [0.25, 0.3) is 0 Å². The fourth-order valence-electron chi connectivity index (χ4n) is 0.901. The summed E-state index contributed by atoms with van der Waals surface area (Å²) in [5, 5.41) is 2.93. The van der Waals surface area contributed by atoms with Gasteiger partial charge in [-0.2, -0.15) is 0 Å². The fraction of sp³-hybridized carbons (Fsp3) is 0.889. The molecule has 0 spiro atoms. The van der Waals surface area contributed by atoms with Crippen molar-refractivity contribution in [2.24, 2.45) is 0 Å². The highest BCUT2D eigenvalue weighted by Gasteiger charge is 2.16. The highest BCUT2D eigenvalue weighted by Crippen LogP contribution is 2.00. The summed E-state index contributed by atoms with van der Waals surface area (Å²) < 4.78 is 5.01. The zero-order valence-corrected chi connectivity index (χ0v) is 8.96. The van der Waals surface area contributed by atoms with Crippen molar-refractivity contribution in [3.05, 3.63) is 0 Å².